The van der Waals surface area contributed by atoms with Gasteiger partial charge in [0.25, 0.3) is 17.4 Å². The number of alkyl halides is 2. The van der Waals surface area contributed by atoms with Crippen LogP contribution >= 0.6 is 0 Å². The van der Waals surface area contributed by atoms with Gasteiger partial charge in [0.15, 0.2) is 5.82 Å². The number of H-pyrrole nitrogens is 1. The molecule has 0 atom stereocenters. The minimum absolute atomic E-state index is 0.146. The molecule has 4 heterocycles. The van der Waals surface area contributed by atoms with Gasteiger partial charge in [-0.25, -0.2) is 18.2 Å². The largest absolute Gasteiger partial charge is 0.348 e. The van der Waals surface area contributed by atoms with E-state index in [1.165, 1.54) is 12.1 Å². The van der Waals surface area contributed by atoms with Crippen molar-refractivity contribution in [3.63, 3.8) is 0 Å². The standard InChI is InChI=1S/C27H23F4N5O2/c28-22-16(3-6-20-23(22)34-26(38)21-2-1-9-36(20)21)14-35-10-7-15(8-11-35)18-4-5-19(33-24(18)29)25(37)32-17-12-27(30,31)13-17/h1-7,9,17H,8,10-14H2,(H,32,37)(H,34,38). The van der Waals surface area contributed by atoms with Crippen LogP contribution in [0.1, 0.15) is 40.9 Å². The highest BCUT2D eigenvalue weighted by atomic mass is 19.3. The van der Waals surface area contributed by atoms with Crippen molar-refractivity contribution in [2.75, 3.05) is 13.1 Å². The Kier molecular flexibility index (Phi) is 5.82. The Balaban J connectivity index is 1.14. The Morgan fingerprint density at radius 1 is 1.13 bits per heavy atom. The summed E-state index contributed by atoms with van der Waals surface area (Å²) in [6.07, 6.45) is 3.17. The maximum atomic E-state index is 15.3. The van der Waals surface area contributed by atoms with Crippen molar-refractivity contribution in [2.45, 2.75) is 37.8 Å². The van der Waals surface area contributed by atoms with Crippen molar-refractivity contribution in [1.82, 2.24) is 24.6 Å². The summed E-state index contributed by atoms with van der Waals surface area (Å²) in [5.74, 6) is -4.75. The Labute approximate surface area is 213 Å². The van der Waals surface area contributed by atoms with E-state index in [0.717, 1.165) is 5.57 Å². The number of nitrogens with zero attached hydrogens (tertiary/aromatic N) is 3. The van der Waals surface area contributed by atoms with Crippen molar-refractivity contribution in [3.8, 4) is 0 Å². The molecular formula is C27H23F4N5O2. The zero-order valence-electron chi connectivity index (χ0n) is 20.1. The molecular weight excluding hydrogens is 502 g/mol. The molecule has 3 aromatic heterocycles. The second-order valence-electron chi connectivity index (χ2n) is 9.83. The minimum Gasteiger partial charge on any atom is -0.348 e. The van der Waals surface area contributed by atoms with Crippen LogP contribution in [-0.4, -0.2) is 50.2 Å². The number of hydrogen-bond donors (Lipinski definition) is 2. The van der Waals surface area contributed by atoms with Crippen molar-refractivity contribution in [3.05, 3.63) is 87.6 Å². The number of benzene rings is 1. The second kappa shape index (κ2) is 9.09. The van der Waals surface area contributed by atoms with E-state index in [2.05, 4.69) is 15.3 Å². The summed E-state index contributed by atoms with van der Waals surface area (Å²) in [6, 6.07) is 9.08. The molecule has 7 nitrogen and oxygen atoms in total. The van der Waals surface area contributed by atoms with Crippen molar-refractivity contribution < 1.29 is 22.4 Å². The molecule has 1 saturated carbocycles. The number of hydrogen-bond acceptors (Lipinski definition) is 4. The lowest BCUT2D eigenvalue weighted by atomic mass is 9.88. The fraction of sp³-hybridized carbons (Fsp3) is 0.296. The van der Waals surface area contributed by atoms with Crippen LogP contribution in [0.4, 0.5) is 17.6 Å². The molecule has 1 aliphatic carbocycles. The van der Waals surface area contributed by atoms with Crippen LogP contribution in [0.3, 0.4) is 0 Å². The van der Waals surface area contributed by atoms with E-state index in [1.54, 1.807) is 34.9 Å². The molecule has 38 heavy (non-hydrogen) atoms. The Morgan fingerprint density at radius 3 is 2.66 bits per heavy atom. The number of aromatic nitrogens is 3. The number of aromatic amines is 1. The van der Waals surface area contributed by atoms with Gasteiger partial charge in [-0.1, -0.05) is 12.1 Å². The third-order valence-corrected chi connectivity index (χ3v) is 7.22. The molecule has 2 aliphatic rings. The smallest absolute Gasteiger partial charge is 0.272 e. The summed E-state index contributed by atoms with van der Waals surface area (Å²) in [7, 11) is 0. The number of carbonyl (C=O) groups excluding carboxylic acids is 1. The molecule has 1 amide bonds. The average molecular weight is 526 g/mol. The quantitative estimate of drug-likeness (QED) is 0.301. The lowest BCUT2D eigenvalue weighted by Crippen LogP contribution is -2.50. The highest BCUT2D eigenvalue weighted by molar-refractivity contribution is 5.92. The maximum Gasteiger partial charge on any atom is 0.272 e. The van der Waals surface area contributed by atoms with Gasteiger partial charge in [-0.3, -0.25) is 14.5 Å². The maximum absolute atomic E-state index is 15.3. The predicted molar refractivity (Wildman–Crippen MR) is 133 cm³/mol. The molecule has 1 aromatic carbocycles. The van der Waals surface area contributed by atoms with Gasteiger partial charge in [0.2, 0.25) is 5.95 Å². The summed E-state index contributed by atoms with van der Waals surface area (Å²) in [6.45, 7) is 1.28. The highest BCUT2D eigenvalue weighted by Crippen LogP contribution is 2.37. The van der Waals surface area contributed by atoms with E-state index in [4.69, 9.17) is 0 Å². The third kappa shape index (κ3) is 4.36. The first-order valence-corrected chi connectivity index (χ1v) is 12.3. The number of nitrogens with one attached hydrogen (secondary N) is 2. The molecule has 196 valence electrons. The summed E-state index contributed by atoms with van der Waals surface area (Å²) < 4.78 is 57.7. The second-order valence-corrected chi connectivity index (χ2v) is 9.83. The van der Waals surface area contributed by atoms with E-state index in [1.807, 2.05) is 11.0 Å². The fourth-order valence-electron chi connectivity index (χ4n) is 5.17. The molecule has 6 rings (SSSR count). The first-order chi connectivity index (χ1) is 18.2. The van der Waals surface area contributed by atoms with Crippen molar-refractivity contribution in [1.29, 1.82) is 0 Å². The van der Waals surface area contributed by atoms with E-state index in [0.29, 0.717) is 42.7 Å². The Morgan fingerprint density at radius 2 is 1.95 bits per heavy atom. The predicted octanol–water partition coefficient (Wildman–Crippen LogP) is 4.27. The number of halogens is 4. The fourth-order valence-corrected chi connectivity index (χ4v) is 5.17. The molecule has 0 saturated heterocycles. The van der Waals surface area contributed by atoms with Crippen LogP contribution in [0.15, 0.2) is 53.5 Å². The van der Waals surface area contributed by atoms with Gasteiger partial charge in [0.1, 0.15) is 16.7 Å². The van der Waals surface area contributed by atoms with Gasteiger partial charge in [-0.05, 0) is 42.3 Å². The van der Waals surface area contributed by atoms with Crippen LogP contribution in [-0.2, 0) is 6.54 Å². The van der Waals surface area contributed by atoms with Gasteiger partial charge >= 0.3 is 0 Å². The van der Waals surface area contributed by atoms with Crippen LogP contribution in [0, 0.1) is 11.8 Å². The van der Waals surface area contributed by atoms with E-state index in [9.17, 15) is 22.8 Å². The van der Waals surface area contributed by atoms with Crippen LogP contribution in [0.25, 0.3) is 22.1 Å². The molecule has 0 radical (unpaired) electrons. The molecule has 1 aliphatic heterocycles. The van der Waals surface area contributed by atoms with E-state index < -0.39 is 42.5 Å². The van der Waals surface area contributed by atoms with Gasteiger partial charge < -0.3 is 14.7 Å². The number of pyridine rings is 1. The highest BCUT2D eigenvalue weighted by Gasteiger charge is 2.46. The van der Waals surface area contributed by atoms with Gasteiger partial charge in [-0.15, -0.1) is 0 Å². The van der Waals surface area contributed by atoms with Gasteiger partial charge in [-0.2, -0.15) is 4.39 Å². The molecule has 1 fully saturated rings. The molecule has 11 heteroatoms. The van der Waals surface area contributed by atoms with Crippen LogP contribution < -0.4 is 10.9 Å². The first kappa shape index (κ1) is 24.4. The molecule has 0 unspecified atom stereocenters. The van der Waals surface area contributed by atoms with Crippen molar-refractivity contribution in [2.24, 2.45) is 0 Å². The Bertz CT molecular complexity index is 1670. The summed E-state index contributed by atoms with van der Waals surface area (Å²) >= 11 is 0. The SMILES string of the molecule is O=C(NC1CC(F)(F)C1)c1ccc(C2=CCN(Cc3ccc4c([nH]c(=O)c5cccn54)c3F)CC2)c(F)n1. The van der Waals surface area contributed by atoms with E-state index in [-0.39, 0.29) is 22.3 Å². The minimum atomic E-state index is -2.77. The molecule has 2 N–H and O–H groups in total. The third-order valence-electron chi connectivity index (χ3n) is 7.22. The summed E-state index contributed by atoms with van der Waals surface area (Å²) in [5, 5.41) is 2.45. The van der Waals surface area contributed by atoms with Crippen molar-refractivity contribution >= 4 is 28.0 Å². The normalized spacial score (nSPS) is 17.9. The molecule has 4 aromatic rings. The zero-order chi connectivity index (χ0) is 26.6. The summed E-state index contributed by atoms with van der Waals surface area (Å²) in [4.78, 5) is 32.9. The number of carbonyl (C=O) groups is 1. The molecule has 0 spiro atoms. The Hall–Kier alpha value is -3.99. The van der Waals surface area contributed by atoms with E-state index >= 15 is 4.39 Å². The van der Waals surface area contributed by atoms with Gasteiger partial charge in [0, 0.05) is 55.8 Å². The van der Waals surface area contributed by atoms with Gasteiger partial charge in [0.05, 0.1) is 5.52 Å². The first-order valence-electron chi connectivity index (χ1n) is 12.3. The number of fused-ring (bicyclic) bond motifs is 3. The topological polar surface area (TPSA) is 82.5 Å². The summed E-state index contributed by atoms with van der Waals surface area (Å²) in [5.41, 5.74) is 2.04. The average Bonchev–Trinajstić information content (AvgIpc) is 3.37. The monoisotopic (exact) mass is 525 g/mol. The molecule has 0 bridgehead atoms. The van der Waals surface area contributed by atoms with Crippen LogP contribution in [0.5, 0.6) is 0 Å². The number of amides is 1. The zero-order valence-corrected chi connectivity index (χ0v) is 20.1. The van der Waals surface area contributed by atoms with Crippen LogP contribution in [0.2, 0.25) is 0 Å². The lowest BCUT2D eigenvalue weighted by Gasteiger charge is -2.35. The number of rotatable bonds is 5. The lowest BCUT2D eigenvalue weighted by molar-refractivity contribution is -0.0901.